The predicted molar refractivity (Wildman–Crippen MR) is 24.0 cm³/mol. The second-order valence-electron chi connectivity index (χ2n) is 0.524. The molecule has 0 saturated heterocycles. The minimum absolute atomic E-state index is 0. The molecule has 0 bridgehead atoms. The summed E-state index contributed by atoms with van der Waals surface area (Å²) in [7, 11) is -4.38. The van der Waals surface area contributed by atoms with Gasteiger partial charge in [0.15, 0.2) is 0 Å². The van der Waals surface area contributed by atoms with Crippen LogP contribution in [0.15, 0.2) is 0 Å². The second-order valence-corrected chi connectivity index (χ2v) is 1.57. The van der Waals surface area contributed by atoms with Gasteiger partial charge in [0.25, 0.3) is 0 Å². The van der Waals surface area contributed by atoms with Crippen LogP contribution < -0.4 is 5.90 Å². The Morgan fingerprint density at radius 1 is 1.57 bits per heavy atom. The Morgan fingerprint density at radius 2 is 1.71 bits per heavy atom. The standard InChI is InChI=1S/H3NO4S.Na.H/c1-5-6(2,3)4;;/h1H2,(H,2,3,4);;. The summed E-state index contributed by atoms with van der Waals surface area (Å²) in [6.07, 6.45) is 0. The molecule has 40 valence electrons. The van der Waals surface area contributed by atoms with Crippen molar-refractivity contribution in [1.29, 1.82) is 0 Å². The van der Waals surface area contributed by atoms with Crippen molar-refractivity contribution < 1.29 is 17.3 Å². The normalized spacial score (nSPS) is 10.0. The van der Waals surface area contributed by atoms with E-state index in [2.05, 4.69) is 10.2 Å². The molecular formula is H4NNaO4S. The molecule has 7 heavy (non-hydrogen) atoms. The number of nitrogens with two attached hydrogens (primary N) is 1. The van der Waals surface area contributed by atoms with Gasteiger partial charge >= 0.3 is 40.0 Å². The van der Waals surface area contributed by atoms with Crippen molar-refractivity contribution in [2.75, 3.05) is 0 Å². The molecule has 0 aliphatic heterocycles. The summed E-state index contributed by atoms with van der Waals surface area (Å²) >= 11 is 0. The summed E-state index contributed by atoms with van der Waals surface area (Å²) in [4.78, 5) is 0. The molecule has 0 fully saturated rings. The van der Waals surface area contributed by atoms with E-state index in [1.54, 1.807) is 0 Å². The molecule has 0 aliphatic rings. The van der Waals surface area contributed by atoms with E-state index < -0.39 is 10.4 Å². The Labute approximate surface area is 63.0 Å². The van der Waals surface area contributed by atoms with Crippen LogP contribution in [0.4, 0.5) is 0 Å². The van der Waals surface area contributed by atoms with Gasteiger partial charge in [-0.1, -0.05) is 0 Å². The van der Waals surface area contributed by atoms with Gasteiger partial charge in [0.05, 0.1) is 0 Å². The quantitative estimate of drug-likeness (QED) is 0.248. The fraction of sp³-hybridized carbons (Fsp3) is 0. The first-order valence-electron chi connectivity index (χ1n) is 0.918. The maximum absolute atomic E-state index is 9.21. The van der Waals surface area contributed by atoms with Crippen LogP contribution in [0.25, 0.3) is 0 Å². The summed E-state index contributed by atoms with van der Waals surface area (Å²) in [5.74, 6) is 3.97. The number of hydrogen-bond acceptors (Lipinski definition) is 4. The molecule has 0 atom stereocenters. The molecule has 0 aromatic carbocycles. The minimum atomic E-state index is -4.38. The van der Waals surface area contributed by atoms with Gasteiger partial charge in [-0.2, -0.15) is 18.6 Å². The van der Waals surface area contributed by atoms with Crippen molar-refractivity contribution in [3.8, 4) is 0 Å². The van der Waals surface area contributed by atoms with Gasteiger partial charge in [0, 0.05) is 0 Å². The van der Waals surface area contributed by atoms with Crippen LogP contribution in [-0.4, -0.2) is 42.5 Å². The van der Waals surface area contributed by atoms with Crippen LogP contribution in [0, 0.1) is 0 Å². The van der Waals surface area contributed by atoms with Crippen molar-refractivity contribution in [3.05, 3.63) is 0 Å². The number of hydrogen-bond donors (Lipinski definition) is 2. The average molecular weight is 137 g/mol. The van der Waals surface area contributed by atoms with E-state index in [-0.39, 0.29) is 29.6 Å². The zero-order valence-corrected chi connectivity index (χ0v) is 3.47. The molecule has 7 heteroatoms. The molecule has 0 spiro atoms. The average Bonchev–Trinajstić information content (AvgIpc) is 1.35. The Bertz CT molecular complexity index is 114. The number of rotatable bonds is 1. The van der Waals surface area contributed by atoms with E-state index in [0.717, 1.165) is 0 Å². The molecule has 0 rings (SSSR count). The fourth-order valence-electron chi connectivity index (χ4n) is 0. The van der Waals surface area contributed by atoms with Crippen molar-refractivity contribution in [1.82, 2.24) is 0 Å². The summed E-state index contributed by atoms with van der Waals surface area (Å²) in [6.45, 7) is 0. The zero-order valence-electron chi connectivity index (χ0n) is 2.66. The summed E-state index contributed by atoms with van der Waals surface area (Å²) < 4.78 is 28.8. The third-order valence-corrected chi connectivity index (χ3v) is 0.365. The Kier molecular flexibility index (Phi) is 5.81. The molecule has 0 aliphatic carbocycles. The summed E-state index contributed by atoms with van der Waals surface area (Å²) in [5, 5.41) is 0. The van der Waals surface area contributed by atoms with Gasteiger partial charge in [-0.25, -0.2) is 0 Å². The van der Waals surface area contributed by atoms with Crippen molar-refractivity contribution in [2.45, 2.75) is 0 Å². The van der Waals surface area contributed by atoms with Crippen LogP contribution in [0.3, 0.4) is 0 Å². The zero-order chi connectivity index (χ0) is 5.21. The predicted octanol–water partition coefficient (Wildman–Crippen LogP) is -1.97. The topological polar surface area (TPSA) is 89.6 Å². The van der Waals surface area contributed by atoms with E-state index in [0.29, 0.717) is 0 Å². The van der Waals surface area contributed by atoms with Crippen LogP contribution in [-0.2, 0) is 14.7 Å². The molecule has 0 saturated carbocycles. The van der Waals surface area contributed by atoms with Gasteiger partial charge in [-0.05, 0) is 0 Å². The van der Waals surface area contributed by atoms with Gasteiger partial charge in [0.2, 0.25) is 0 Å². The first kappa shape index (κ1) is 10.7. The molecule has 0 aromatic heterocycles. The SMILES string of the molecule is NOS(=O)(=O)O.[NaH]. The Morgan fingerprint density at radius 3 is 1.71 bits per heavy atom. The Balaban J connectivity index is 0. The van der Waals surface area contributed by atoms with Gasteiger partial charge < -0.3 is 0 Å². The second kappa shape index (κ2) is 3.79. The molecule has 0 heterocycles. The third-order valence-electron chi connectivity index (χ3n) is 0.122. The third kappa shape index (κ3) is 10.9. The van der Waals surface area contributed by atoms with Crippen LogP contribution in [0.5, 0.6) is 0 Å². The van der Waals surface area contributed by atoms with Crippen LogP contribution in [0.1, 0.15) is 0 Å². The molecule has 5 nitrogen and oxygen atoms in total. The molecule has 0 aromatic rings. The molecule has 3 N–H and O–H groups in total. The molecular weight excluding hydrogens is 133 g/mol. The van der Waals surface area contributed by atoms with Crippen LogP contribution >= 0.6 is 0 Å². The monoisotopic (exact) mass is 137 g/mol. The van der Waals surface area contributed by atoms with Gasteiger partial charge in [-0.15, -0.1) is 0 Å². The molecule has 0 amide bonds. The summed E-state index contributed by atoms with van der Waals surface area (Å²) in [5.41, 5.74) is 0. The van der Waals surface area contributed by atoms with Crippen LogP contribution in [0.2, 0.25) is 0 Å². The molecule has 0 unspecified atom stereocenters. The first-order chi connectivity index (χ1) is 2.56. The van der Waals surface area contributed by atoms with E-state index >= 15 is 0 Å². The first-order valence-corrected chi connectivity index (χ1v) is 2.28. The van der Waals surface area contributed by atoms with Gasteiger partial charge in [-0.3, -0.25) is 4.55 Å². The van der Waals surface area contributed by atoms with E-state index in [9.17, 15) is 8.42 Å². The van der Waals surface area contributed by atoms with Gasteiger partial charge in [0.1, 0.15) is 0 Å². The van der Waals surface area contributed by atoms with Crippen molar-refractivity contribution in [2.24, 2.45) is 5.90 Å². The maximum atomic E-state index is 9.21. The fourth-order valence-corrected chi connectivity index (χ4v) is 0. The Hall–Kier alpha value is 0.830. The van der Waals surface area contributed by atoms with E-state index in [4.69, 9.17) is 4.55 Å². The van der Waals surface area contributed by atoms with Crippen molar-refractivity contribution in [3.63, 3.8) is 0 Å². The van der Waals surface area contributed by atoms with E-state index in [1.165, 1.54) is 0 Å². The van der Waals surface area contributed by atoms with E-state index in [1.807, 2.05) is 0 Å². The molecule has 0 radical (unpaired) electrons. The summed E-state index contributed by atoms with van der Waals surface area (Å²) in [6, 6.07) is 0. The van der Waals surface area contributed by atoms with Crippen molar-refractivity contribution >= 4 is 40.0 Å².